The quantitative estimate of drug-likeness (QED) is 0.0169. The van der Waals surface area contributed by atoms with Crippen LogP contribution < -0.4 is 0 Å². The third-order valence-electron chi connectivity index (χ3n) is 15.0. The number of hydrogen-bond acceptors (Lipinski definition) is 15. The maximum Gasteiger partial charge on any atom is 0.472 e. The van der Waals surface area contributed by atoms with Crippen LogP contribution in [0.4, 0.5) is 0 Å². The predicted octanol–water partition coefficient (Wildman–Crippen LogP) is 21.7. The Morgan fingerprint density at radius 1 is 0.290 bits per heavy atom. The van der Waals surface area contributed by atoms with E-state index in [4.69, 9.17) is 37.0 Å². The first-order valence-corrected chi connectivity index (χ1v) is 40.7. The molecular formula is C81H132O17P2. The molecule has 0 saturated heterocycles. The Kier molecular flexibility index (Phi) is 68.2. The van der Waals surface area contributed by atoms with Crippen LogP contribution in [0.1, 0.15) is 272 Å². The van der Waals surface area contributed by atoms with E-state index < -0.39 is 97.5 Å². The summed E-state index contributed by atoms with van der Waals surface area (Å²) in [4.78, 5) is 72.7. The summed E-state index contributed by atoms with van der Waals surface area (Å²) in [7, 11) is -10.00. The molecule has 0 saturated carbocycles. The van der Waals surface area contributed by atoms with Crippen molar-refractivity contribution in [3.8, 4) is 0 Å². The summed E-state index contributed by atoms with van der Waals surface area (Å²) in [6.07, 6.45) is 82.7. The van der Waals surface area contributed by atoms with Crippen LogP contribution in [0.5, 0.6) is 0 Å². The molecule has 5 atom stereocenters. The highest BCUT2D eigenvalue weighted by Gasteiger charge is 2.30. The number of carbonyl (C=O) groups excluding carboxylic acids is 4. The molecule has 0 aliphatic heterocycles. The molecule has 0 aliphatic rings. The van der Waals surface area contributed by atoms with E-state index in [1.807, 2.05) is 30.4 Å². The van der Waals surface area contributed by atoms with Gasteiger partial charge in [-0.15, -0.1) is 0 Å². The smallest absolute Gasteiger partial charge is 0.462 e. The number of rotatable bonds is 69. The minimum atomic E-state index is -5.00. The van der Waals surface area contributed by atoms with Gasteiger partial charge in [0.25, 0.3) is 0 Å². The average molecular weight is 1440 g/mol. The van der Waals surface area contributed by atoms with Gasteiger partial charge in [0, 0.05) is 25.7 Å². The Balaban J connectivity index is 5.44. The van der Waals surface area contributed by atoms with E-state index in [0.717, 1.165) is 141 Å². The second-order valence-electron chi connectivity index (χ2n) is 24.5. The second-order valence-corrected chi connectivity index (χ2v) is 27.4. The number of unbranched alkanes of at least 4 members (excludes halogenated alkanes) is 17. The topological polar surface area (TPSA) is 237 Å². The lowest BCUT2D eigenvalue weighted by molar-refractivity contribution is -0.161. The molecule has 0 radical (unpaired) electrons. The van der Waals surface area contributed by atoms with Gasteiger partial charge in [-0.25, -0.2) is 9.13 Å². The standard InChI is InChI=1S/C81H132O17P2/c1-5-9-13-17-21-25-29-32-34-36-37-39-41-44-47-50-54-58-62-66-79(84)92-72-77(98-81(86)68-64-60-56-52-48-42-31-27-23-19-15-11-7-3)74-96-100(89,90)94-70-75(82)69-93-99(87,88)95-73-76(97-80(85)67-63-59-55-51-45-28-24-20-16-12-8-4)71-91-78(83)65-61-57-53-49-46-43-40-38-35-33-30-26-22-18-14-10-6-2/h9-10,13-14,20-22,24-27,31-35,37,39-40,43-44,47,49,53-54,58,75-77,82H,5-8,11-12,15-19,23,28-30,36,38,41-42,45-46,48,50-52,55-57,59-74H2,1-4H3,(H,87,88)(H,89,90)/b13-9-,14-10-,24-20-,25-21-,26-22-,31-27-,34-32-,35-33-,39-37-,43-40-,47-44-,53-49-,58-54-. The fourth-order valence-electron chi connectivity index (χ4n) is 9.26. The molecule has 5 unspecified atom stereocenters. The number of allylic oxidation sites excluding steroid dienone is 26. The molecule has 0 aromatic rings. The number of hydrogen-bond donors (Lipinski definition) is 3. The van der Waals surface area contributed by atoms with Gasteiger partial charge in [-0.3, -0.25) is 37.3 Å². The lowest BCUT2D eigenvalue weighted by Crippen LogP contribution is -2.30. The number of esters is 4. The molecule has 0 aliphatic carbocycles. The first-order valence-electron chi connectivity index (χ1n) is 37.7. The van der Waals surface area contributed by atoms with Gasteiger partial charge >= 0.3 is 39.5 Å². The SMILES string of the molecule is CC/C=C\C/C=C\C/C=C\C/C=C\C/C=C\C/C=C\CCC(=O)OCC(COP(=O)(O)OCC(O)COP(=O)(O)OCC(COC(=O)CCC/C=C\C/C=C\C/C=C\C/C=C\C/C=C\CC)OC(=O)CCCCCCC/C=C\CCCC)OC(=O)CCCCCCC/C=C\CCCCCC. The van der Waals surface area contributed by atoms with E-state index in [1.165, 1.54) is 38.5 Å². The Morgan fingerprint density at radius 3 is 0.930 bits per heavy atom. The number of carbonyl (C=O) groups is 4. The van der Waals surface area contributed by atoms with Crippen molar-refractivity contribution < 1.29 is 80.2 Å². The Hall–Kier alpha value is -5.32. The van der Waals surface area contributed by atoms with Crippen LogP contribution in [0.25, 0.3) is 0 Å². The molecule has 0 fully saturated rings. The molecule has 0 spiro atoms. The Labute approximate surface area is 604 Å². The molecule has 0 amide bonds. The zero-order valence-electron chi connectivity index (χ0n) is 61.8. The number of phosphoric ester groups is 2. The molecule has 0 aromatic heterocycles. The number of aliphatic hydroxyl groups is 1. The van der Waals surface area contributed by atoms with Crippen molar-refractivity contribution in [2.75, 3.05) is 39.6 Å². The normalized spacial score (nSPS) is 14.8. The van der Waals surface area contributed by atoms with Gasteiger partial charge in [0.15, 0.2) is 12.2 Å². The maximum absolute atomic E-state index is 13.1. The van der Waals surface area contributed by atoms with Gasteiger partial charge in [0.05, 0.1) is 26.4 Å². The molecular weight excluding hydrogens is 1310 g/mol. The zero-order valence-corrected chi connectivity index (χ0v) is 63.6. The van der Waals surface area contributed by atoms with Crippen LogP contribution >= 0.6 is 15.6 Å². The van der Waals surface area contributed by atoms with Crippen molar-refractivity contribution in [1.29, 1.82) is 0 Å². The van der Waals surface area contributed by atoms with Crippen LogP contribution in [0.3, 0.4) is 0 Å². The van der Waals surface area contributed by atoms with Crippen molar-refractivity contribution in [3.05, 3.63) is 158 Å². The fraction of sp³-hybridized carbons (Fsp3) is 0.630. The zero-order chi connectivity index (χ0) is 73.2. The van der Waals surface area contributed by atoms with Crippen molar-refractivity contribution in [2.45, 2.75) is 290 Å². The third-order valence-corrected chi connectivity index (χ3v) is 16.9. The number of phosphoric acid groups is 2. The number of aliphatic hydroxyl groups excluding tert-OH is 1. The van der Waals surface area contributed by atoms with Crippen LogP contribution in [-0.4, -0.2) is 96.7 Å². The third kappa shape index (κ3) is 71.1. The molecule has 0 aromatic carbocycles. The lowest BCUT2D eigenvalue weighted by Gasteiger charge is -2.21. The fourth-order valence-corrected chi connectivity index (χ4v) is 10.8. The molecule has 100 heavy (non-hydrogen) atoms. The van der Waals surface area contributed by atoms with Gasteiger partial charge in [0.2, 0.25) is 0 Å². The van der Waals surface area contributed by atoms with Gasteiger partial charge < -0.3 is 33.8 Å². The maximum atomic E-state index is 13.1. The van der Waals surface area contributed by atoms with Crippen molar-refractivity contribution in [3.63, 3.8) is 0 Å². The van der Waals surface area contributed by atoms with Gasteiger partial charge in [0.1, 0.15) is 19.3 Å². The summed E-state index contributed by atoms with van der Waals surface area (Å²) in [6.45, 7) is 4.39. The lowest BCUT2D eigenvalue weighted by atomic mass is 10.1. The molecule has 568 valence electrons. The molecule has 19 heteroatoms. The first kappa shape index (κ1) is 94.7. The van der Waals surface area contributed by atoms with Crippen LogP contribution in [-0.2, 0) is 65.4 Å². The van der Waals surface area contributed by atoms with E-state index >= 15 is 0 Å². The minimum Gasteiger partial charge on any atom is -0.462 e. The summed E-state index contributed by atoms with van der Waals surface area (Å²) in [6, 6.07) is 0. The van der Waals surface area contributed by atoms with E-state index in [0.29, 0.717) is 38.5 Å². The van der Waals surface area contributed by atoms with E-state index in [9.17, 15) is 43.2 Å². The Bertz CT molecular complexity index is 2520. The van der Waals surface area contributed by atoms with Crippen LogP contribution in [0, 0.1) is 0 Å². The number of ether oxygens (including phenoxy) is 4. The van der Waals surface area contributed by atoms with Gasteiger partial charge in [-0.1, -0.05) is 256 Å². The summed E-state index contributed by atoms with van der Waals surface area (Å²) in [5.74, 6) is -2.37. The predicted molar refractivity (Wildman–Crippen MR) is 408 cm³/mol. The van der Waals surface area contributed by atoms with Crippen molar-refractivity contribution in [2.24, 2.45) is 0 Å². The summed E-state index contributed by atoms with van der Waals surface area (Å²) in [5.41, 5.74) is 0. The first-order chi connectivity index (χ1) is 48.7. The monoisotopic (exact) mass is 1440 g/mol. The molecule has 0 rings (SSSR count). The van der Waals surface area contributed by atoms with Gasteiger partial charge in [-0.05, 0) is 148 Å². The van der Waals surface area contributed by atoms with Crippen LogP contribution in [0.2, 0.25) is 0 Å². The van der Waals surface area contributed by atoms with Crippen molar-refractivity contribution in [1.82, 2.24) is 0 Å². The minimum absolute atomic E-state index is 0.0291. The van der Waals surface area contributed by atoms with Gasteiger partial charge in [-0.2, -0.15) is 0 Å². The highest BCUT2D eigenvalue weighted by atomic mass is 31.2. The average Bonchev–Trinajstić information content (AvgIpc) is 0.940. The molecule has 3 N–H and O–H groups in total. The van der Waals surface area contributed by atoms with Crippen LogP contribution in [0.15, 0.2) is 158 Å². The summed E-state index contributed by atoms with van der Waals surface area (Å²) >= 11 is 0. The highest BCUT2D eigenvalue weighted by Crippen LogP contribution is 2.45. The van der Waals surface area contributed by atoms with Crippen molar-refractivity contribution >= 4 is 39.5 Å². The van der Waals surface area contributed by atoms with E-state index in [1.54, 1.807) is 0 Å². The summed E-state index contributed by atoms with van der Waals surface area (Å²) < 4.78 is 68.2. The molecule has 0 bridgehead atoms. The van der Waals surface area contributed by atoms with E-state index in [-0.39, 0.29) is 25.7 Å². The Morgan fingerprint density at radius 2 is 0.560 bits per heavy atom. The highest BCUT2D eigenvalue weighted by molar-refractivity contribution is 7.47. The second kappa shape index (κ2) is 72.0. The van der Waals surface area contributed by atoms with E-state index in [2.05, 4.69) is 155 Å². The molecule has 0 heterocycles. The largest absolute Gasteiger partial charge is 0.472 e. The summed E-state index contributed by atoms with van der Waals surface area (Å²) in [5, 5.41) is 10.6. The molecule has 17 nitrogen and oxygen atoms in total.